The third-order valence-corrected chi connectivity index (χ3v) is 5.93. The summed E-state index contributed by atoms with van der Waals surface area (Å²) >= 11 is 1.63. The van der Waals surface area contributed by atoms with E-state index in [2.05, 4.69) is 26.9 Å². The Bertz CT molecular complexity index is 1100. The number of hydrogen-bond donors (Lipinski definition) is 0. The maximum atomic E-state index is 12.3. The Morgan fingerprint density at radius 1 is 1.00 bits per heavy atom. The minimum absolute atomic E-state index is 0.177. The molecule has 0 N–H and O–H groups in total. The molecule has 0 atom stereocenters. The van der Waals surface area contributed by atoms with Crippen LogP contribution in [0.3, 0.4) is 0 Å². The van der Waals surface area contributed by atoms with E-state index in [1.807, 2.05) is 61.5 Å². The molecule has 0 radical (unpaired) electrons. The van der Waals surface area contributed by atoms with Gasteiger partial charge in [0.2, 0.25) is 0 Å². The fourth-order valence-corrected chi connectivity index (χ4v) is 4.16. The van der Waals surface area contributed by atoms with Crippen molar-refractivity contribution in [2.24, 2.45) is 0 Å². The van der Waals surface area contributed by atoms with E-state index in [0.717, 1.165) is 40.0 Å². The summed E-state index contributed by atoms with van der Waals surface area (Å²) in [5.74, 6) is 2.60. The summed E-state index contributed by atoms with van der Waals surface area (Å²) in [6.07, 6.45) is 2.99. The summed E-state index contributed by atoms with van der Waals surface area (Å²) < 4.78 is 7.60. The molecule has 0 amide bonds. The van der Waals surface area contributed by atoms with E-state index in [9.17, 15) is 4.79 Å². The second kappa shape index (κ2) is 9.59. The van der Waals surface area contributed by atoms with Crippen LogP contribution < -0.4 is 0 Å². The fraction of sp³-hybridized carbons (Fsp3) is 0.208. The zero-order valence-corrected chi connectivity index (χ0v) is 17.6. The Kier molecular flexibility index (Phi) is 6.44. The number of rotatable bonds is 9. The molecule has 4 rings (SSSR count). The van der Waals surface area contributed by atoms with Crippen molar-refractivity contribution < 1.29 is 9.21 Å². The number of benzene rings is 2. The molecule has 0 spiro atoms. The van der Waals surface area contributed by atoms with Crippen molar-refractivity contribution in [3.8, 4) is 11.4 Å². The van der Waals surface area contributed by atoms with Crippen LogP contribution in [0.5, 0.6) is 0 Å². The molecular weight excluding hydrogens is 394 g/mol. The van der Waals surface area contributed by atoms with Gasteiger partial charge in [-0.1, -0.05) is 72.4 Å². The second-order valence-electron chi connectivity index (χ2n) is 7.01. The zero-order chi connectivity index (χ0) is 20.8. The topological polar surface area (TPSA) is 60.9 Å². The molecule has 5 nitrogen and oxygen atoms in total. The van der Waals surface area contributed by atoms with Gasteiger partial charge in [-0.05, 0) is 25.0 Å². The van der Waals surface area contributed by atoms with Crippen molar-refractivity contribution in [2.75, 3.05) is 5.75 Å². The first-order chi connectivity index (χ1) is 14.7. The van der Waals surface area contributed by atoms with Crippen LogP contribution in [-0.4, -0.2) is 26.3 Å². The van der Waals surface area contributed by atoms with E-state index in [-0.39, 0.29) is 5.78 Å². The maximum Gasteiger partial charge on any atom is 0.191 e. The van der Waals surface area contributed by atoms with E-state index in [1.54, 1.807) is 18.0 Å². The number of ketones is 1. The first kappa shape index (κ1) is 20.2. The van der Waals surface area contributed by atoms with Crippen LogP contribution in [0.15, 0.2) is 82.6 Å². The first-order valence-electron chi connectivity index (χ1n) is 9.95. The smallest absolute Gasteiger partial charge is 0.191 e. The second-order valence-corrected chi connectivity index (χ2v) is 8.07. The van der Waals surface area contributed by atoms with Gasteiger partial charge < -0.3 is 4.42 Å². The molecule has 0 aliphatic carbocycles. The van der Waals surface area contributed by atoms with Gasteiger partial charge in [-0.2, -0.15) is 0 Å². The number of aromatic nitrogens is 3. The fourth-order valence-electron chi connectivity index (χ4n) is 3.28. The first-order valence-corrected chi connectivity index (χ1v) is 10.9. The van der Waals surface area contributed by atoms with Crippen LogP contribution in [-0.2, 0) is 6.54 Å². The van der Waals surface area contributed by atoms with Gasteiger partial charge in [0.15, 0.2) is 16.8 Å². The third-order valence-electron chi connectivity index (χ3n) is 4.88. The molecule has 0 unspecified atom stereocenters. The van der Waals surface area contributed by atoms with E-state index in [4.69, 9.17) is 4.42 Å². The molecule has 2 aromatic carbocycles. The predicted octanol–water partition coefficient (Wildman–Crippen LogP) is 5.65. The normalized spacial score (nSPS) is 11.0. The standard InChI is InChI=1S/C24H23N3O2S/c1-18-21(14-15-29-18)23-25-26-24(27(23)17-19-9-4-2-5-10-19)30-16-8-13-22(28)20-11-6-3-7-12-20/h2-7,9-12,14-15H,8,13,16-17H2,1H3. The lowest BCUT2D eigenvalue weighted by Crippen LogP contribution is -2.05. The summed E-state index contributed by atoms with van der Waals surface area (Å²) in [5.41, 5.74) is 2.90. The highest BCUT2D eigenvalue weighted by Crippen LogP contribution is 2.28. The number of hydrogen-bond acceptors (Lipinski definition) is 5. The SMILES string of the molecule is Cc1occc1-c1nnc(SCCCC(=O)c2ccccc2)n1Cc1ccccc1. The molecule has 6 heteroatoms. The molecular formula is C24H23N3O2S. The van der Waals surface area contributed by atoms with Gasteiger partial charge in [0.25, 0.3) is 0 Å². The monoisotopic (exact) mass is 417 g/mol. The number of furan rings is 1. The Labute approximate surface area is 180 Å². The van der Waals surface area contributed by atoms with Crippen molar-refractivity contribution >= 4 is 17.5 Å². The number of nitrogens with zero attached hydrogens (tertiary/aromatic N) is 3. The lowest BCUT2D eigenvalue weighted by Gasteiger charge is -2.10. The lowest BCUT2D eigenvalue weighted by molar-refractivity contribution is 0.0982. The van der Waals surface area contributed by atoms with E-state index >= 15 is 0 Å². The molecule has 30 heavy (non-hydrogen) atoms. The Balaban J connectivity index is 1.46. The molecule has 0 fully saturated rings. The number of Topliss-reactive ketones (excluding diaryl/α,β-unsaturated/α-hetero) is 1. The zero-order valence-electron chi connectivity index (χ0n) is 16.8. The Morgan fingerprint density at radius 2 is 1.73 bits per heavy atom. The van der Waals surface area contributed by atoms with E-state index in [1.165, 1.54) is 5.56 Å². The average molecular weight is 418 g/mol. The van der Waals surface area contributed by atoms with Gasteiger partial charge in [0, 0.05) is 17.7 Å². The molecule has 0 saturated carbocycles. The van der Waals surface area contributed by atoms with Crippen LogP contribution in [0.25, 0.3) is 11.4 Å². The van der Waals surface area contributed by atoms with E-state index < -0.39 is 0 Å². The minimum Gasteiger partial charge on any atom is -0.469 e. The Morgan fingerprint density at radius 3 is 2.43 bits per heavy atom. The molecule has 152 valence electrons. The predicted molar refractivity (Wildman–Crippen MR) is 119 cm³/mol. The van der Waals surface area contributed by atoms with Crippen molar-refractivity contribution in [1.29, 1.82) is 0 Å². The quantitative estimate of drug-likeness (QED) is 0.200. The van der Waals surface area contributed by atoms with Crippen molar-refractivity contribution in [3.63, 3.8) is 0 Å². The average Bonchev–Trinajstić information content (AvgIpc) is 3.38. The van der Waals surface area contributed by atoms with Gasteiger partial charge in [0.1, 0.15) is 5.76 Å². The van der Waals surface area contributed by atoms with Crippen molar-refractivity contribution in [2.45, 2.75) is 31.5 Å². The summed E-state index contributed by atoms with van der Waals surface area (Å²) in [7, 11) is 0. The lowest BCUT2D eigenvalue weighted by atomic mass is 10.1. The van der Waals surface area contributed by atoms with Crippen LogP contribution >= 0.6 is 11.8 Å². The van der Waals surface area contributed by atoms with Crippen molar-refractivity contribution in [1.82, 2.24) is 14.8 Å². The summed E-state index contributed by atoms with van der Waals surface area (Å²) in [4.78, 5) is 12.3. The highest BCUT2D eigenvalue weighted by Gasteiger charge is 2.18. The highest BCUT2D eigenvalue weighted by atomic mass is 32.2. The summed E-state index contributed by atoms with van der Waals surface area (Å²) in [6, 6.07) is 21.6. The molecule has 0 aliphatic heterocycles. The van der Waals surface area contributed by atoms with E-state index in [0.29, 0.717) is 13.0 Å². The van der Waals surface area contributed by atoms with Gasteiger partial charge in [-0.15, -0.1) is 10.2 Å². The molecule has 2 aromatic heterocycles. The molecule has 0 aliphatic rings. The van der Waals surface area contributed by atoms with Crippen molar-refractivity contribution in [3.05, 3.63) is 89.9 Å². The van der Waals surface area contributed by atoms with Crippen LogP contribution in [0, 0.1) is 6.92 Å². The minimum atomic E-state index is 0.177. The van der Waals surface area contributed by atoms with Gasteiger partial charge >= 0.3 is 0 Å². The number of thioether (sulfide) groups is 1. The van der Waals surface area contributed by atoms with Crippen LogP contribution in [0.1, 0.15) is 34.5 Å². The highest BCUT2D eigenvalue weighted by molar-refractivity contribution is 7.99. The number of carbonyl (C=O) groups excluding carboxylic acids is 1. The third kappa shape index (κ3) is 4.71. The Hall–Kier alpha value is -3.12. The largest absolute Gasteiger partial charge is 0.469 e. The van der Waals surface area contributed by atoms with Crippen LogP contribution in [0.4, 0.5) is 0 Å². The molecule has 0 saturated heterocycles. The van der Waals surface area contributed by atoms with Crippen LogP contribution in [0.2, 0.25) is 0 Å². The summed E-state index contributed by atoms with van der Waals surface area (Å²) in [6.45, 7) is 2.61. The van der Waals surface area contributed by atoms with Gasteiger partial charge in [0.05, 0.1) is 18.4 Å². The summed E-state index contributed by atoms with van der Waals surface area (Å²) in [5, 5.41) is 9.72. The molecule has 0 bridgehead atoms. The number of carbonyl (C=O) groups is 1. The van der Waals surface area contributed by atoms with Gasteiger partial charge in [-0.3, -0.25) is 9.36 Å². The molecule has 4 aromatic rings. The molecule has 2 heterocycles. The maximum absolute atomic E-state index is 12.3. The number of aryl methyl sites for hydroxylation is 1. The van der Waals surface area contributed by atoms with Gasteiger partial charge in [-0.25, -0.2) is 0 Å².